The van der Waals surface area contributed by atoms with Crippen molar-refractivity contribution in [2.45, 2.75) is 26.7 Å². The number of aryl methyl sites for hydroxylation is 2. The number of halogens is 1. The minimum absolute atomic E-state index is 0. The van der Waals surface area contributed by atoms with E-state index in [0.29, 0.717) is 0 Å². The molecule has 0 radical (unpaired) electrons. The lowest BCUT2D eigenvalue weighted by Crippen LogP contribution is -3.00. The van der Waals surface area contributed by atoms with Gasteiger partial charge in [0.05, 0.1) is 0 Å². The maximum atomic E-state index is 4.74. The van der Waals surface area contributed by atoms with Gasteiger partial charge in [-0.2, -0.15) is 0 Å². The molecule has 2 aromatic rings. The second-order valence-electron chi connectivity index (χ2n) is 5.84. The van der Waals surface area contributed by atoms with Crippen LogP contribution in [0.5, 0.6) is 0 Å². The van der Waals surface area contributed by atoms with Gasteiger partial charge in [0, 0.05) is 50.0 Å². The number of rotatable bonds is 4. The molecule has 0 aliphatic carbocycles. The molecule has 0 atom stereocenters. The summed E-state index contributed by atoms with van der Waals surface area (Å²) in [7, 11) is 0. The minimum atomic E-state index is 0. The monoisotopic (exact) mass is 331 g/mol. The van der Waals surface area contributed by atoms with Gasteiger partial charge in [-0.25, -0.2) is 9.97 Å². The molecule has 1 aliphatic heterocycles. The van der Waals surface area contributed by atoms with Crippen molar-refractivity contribution >= 4 is 11.5 Å². The zero-order chi connectivity index (χ0) is 15.4. The minimum Gasteiger partial charge on any atom is -1.00 e. The summed E-state index contributed by atoms with van der Waals surface area (Å²) in [5, 5.41) is 0. The van der Waals surface area contributed by atoms with Crippen LogP contribution in [0.4, 0.5) is 11.5 Å². The van der Waals surface area contributed by atoms with Crippen molar-refractivity contribution in [3.8, 4) is 0 Å². The Labute approximate surface area is 145 Å². The van der Waals surface area contributed by atoms with E-state index in [0.717, 1.165) is 56.4 Å². The van der Waals surface area contributed by atoms with E-state index >= 15 is 0 Å². The highest BCUT2D eigenvalue weighted by Crippen LogP contribution is 2.19. The third-order valence-corrected chi connectivity index (χ3v) is 4.09. The number of piperazine rings is 1. The molecule has 0 spiro atoms. The lowest BCUT2D eigenvalue weighted by atomic mass is 10.2. The molecule has 0 bridgehead atoms. The predicted molar refractivity (Wildman–Crippen MR) is 91.6 cm³/mol. The Morgan fingerprint density at radius 1 is 0.957 bits per heavy atom. The highest BCUT2D eigenvalue weighted by Gasteiger charge is 2.19. The first kappa shape index (κ1) is 17.5. The Balaban J connectivity index is 0.00000192. The first-order chi connectivity index (χ1) is 10.8. The van der Waals surface area contributed by atoms with Crippen molar-refractivity contribution in [3.05, 3.63) is 47.9 Å². The molecule has 1 aromatic heterocycles. The van der Waals surface area contributed by atoms with E-state index in [1.54, 1.807) is 0 Å². The lowest BCUT2D eigenvalue weighted by molar-refractivity contribution is -0.00000482. The maximum absolute atomic E-state index is 4.74. The van der Waals surface area contributed by atoms with Crippen LogP contribution in [0.3, 0.4) is 0 Å². The molecule has 1 fully saturated rings. The standard InChI is InChI=1S/C18H24N4.ClH/c1-3-7-17-19-15(2)14-18(20-17)22-12-10-21(11-13-22)16-8-5-4-6-9-16;/h4-6,8-9,14H,3,7,10-13H2,1-2H3;1H/p-1. The van der Waals surface area contributed by atoms with Gasteiger partial charge in [-0.05, 0) is 25.5 Å². The van der Waals surface area contributed by atoms with Crippen LogP contribution in [0.1, 0.15) is 24.9 Å². The first-order valence-electron chi connectivity index (χ1n) is 8.16. The van der Waals surface area contributed by atoms with Gasteiger partial charge >= 0.3 is 0 Å². The van der Waals surface area contributed by atoms with E-state index in [1.165, 1.54) is 5.69 Å². The van der Waals surface area contributed by atoms with Gasteiger partial charge in [-0.3, -0.25) is 0 Å². The molecule has 23 heavy (non-hydrogen) atoms. The number of nitrogens with zero attached hydrogens (tertiary/aromatic N) is 4. The van der Waals surface area contributed by atoms with Crippen LogP contribution in [-0.2, 0) is 6.42 Å². The van der Waals surface area contributed by atoms with Crippen LogP contribution in [-0.4, -0.2) is 36.1 Å². The van der Waals surface area contributed by atoms with Gasteiger partial charge in [0.1, 0.15) is 11.6 Å². The van der Waals surface area contributed by atoms with Crippen molar-refractivity contribution in [1.82, 2.24) is 9.97 Å². The van der Waals surface area contributed by atoms with E-state index in [4.69, 9.17) is 4.98 Å². The third-order valence-electron chi connectivity index (χ3n) is 4.09. The number of benzene rings is 1. The SMILES string of the molecule is CCCc1nc(C)cc(N2CCN(c3ccccc3)CC2)n1.[Cl-]. The van der Waals surface area contributed by atoms with Crippen molar-refractivity contribution < 1.29 is 12.4 Å². The normalized spacial score (nSPS) is 14.5. The zero-order valence-corrected chi connectivity index (χ0v) is 14.6. The summed E-state index contributed by atoms with van der Waals surface area (Å²) in [6.07, 6.45) is 2.04. The second kappa shape index (κ2) is 8.16. The zero-order valence-electron chi connectivity index (χ0n) is 13.9. The van der Waals surface area contributed by atoms with Crippen LogP contribution < -0.4 is 22.2 Å². The second-order valence-corrected chi connectivity index (χ2v) is 5.84. The highest BCUT2D eigenvalue weighted by molar-refractivity contribution is 5.49. The van der Waals surface area contributed by atoms with Crippen molar-refractivity contribution in [2.24, 2.45) is 0 Å². The molecule has 0 unspecified atom stereocenters. The van der Waals surface area contributed by atoms with Gasteiger partial charge in [0.15, 0.2) is 0 Å². The van der Waals surface area contributed by atoms with E-state index in [1.807, 2.05) is 0 Å². The average molecular weight is 332 g/mol. The number of aromatic nitrogens is 2. The van der Waals surface area contributed by atoms with Gasteiger partial charge in [0.2, 0.25) is 0 Å². The molecule has 124 valence electrons. The number of para-hydroxylation sites is 1. The number of anilines is 2. The summed E-state index contributed by atoms with van der Waals surface area (Å²) in [4.78, 5) is 14.1. The Morgan fingerprint density at radius 3 is 2.26 bits per heavy atom. The van der Waals surface area contributed by atoms with Crippen molar-refractivity contribution in [1.29, 1.82) is 0 Å². The Bertz CT molecular complexity index is 610. The van der Waals surface area contributed by atoms with Crippen molar-refractivity contribution in [3.63, 3.8) is 0 Å². The van der Waals surface area contributed by atoms with E-state index < -0.39 is 0 Å². The van der Waals surface area contributed by atoms with Gasteiger partial charge in [0.25, 0.3) is 0 Å². The molecule has 4 nitrogen and oxygen atoms in total. The average Bonchev–Trinajstić information content (AvgIpc) is 2.56. The fraction of sp³-hybridized carbons (Fsp3) is 0.444. The van der Waals surface area contributed by atoms with E-state index in [-0.39, 0.29) is 12.4 Å². The summed E-state index contributed by atoms with van der Waals surface area (Å²) >= 11 is 0. The summed E-state index contributed by atoms with van der Waals surface area (Å²) in [6, 6.07) is 12.8. The molecule has 3 rings (SSSR count). The molecule has 0 amide bonds. The van der Waals surface area contributed by atoms with Gasteiger partial charge in [-0.1, -0.05) is 25.1 Å². The summed E-state index contributed by atoms with van der Waals surface area (Å²) < 4.78 is 0. The number of hydrogen-bond acceptors (Lipinski definition) is 4. The molecule has 1 aromatic carbocycles. The molecular formula is C18H24ClN4-. The summed E-state index contributed by atoms with van der Waals surface area (Å²) in [6.45, 7) is 8.33. The predicted octanol–water partition coefficient (Wildman–Crippen LogP) is 0.0681. The molecule has 1 aliphatic rings. The first-order valence-corrected chi connectivity index (χ1v) is 8.16. The molecule has 0 N–H and O–H groups in total. The molecular weight excluding hydrogens is 308 g/mol. The molecule has 5 heteroatoms. The quantitative estimate of drug-likeness (QED) is 0.793. The Morgan fingerprint density at radius 2 is 1.61 bits per heavy atom. The van der Waals surface area contributed by atoms with Crippen LogP contribution in [0.2, 0.25) is 0 Å². The summed E-state index contributed by atoms with van der Waals surface area (Å²) in [5.74, 6) is 2.06. The van der Waals surface area contributed by atoms with Crippen LogP contribution in [0, 0.1) is 6.92 Å². The van der Waals surface area contributed by atoms with Crippen LogP contribution in [0.25, 0.3) is 0 Å². The highest BCUT2D eigenvalue weighted by atomic mass is 35.5. The third kappa shape index (κ3) is 4.35. The largest absolute Gasteiger partial charge is 1.00 e. The van der Waals surface area contributed by atoms with Crippen molar-refractivity contribution in [2.75, 3.05) is 36.0 Å². The van der Waals surface area contributed by atoms with Gasteiger partial charge in [-0.15, -0.1) is 0 Å². The lowest BCUT2D eigenvalue weighted by Gasteiger charge is -2.36. The number of hydrogen-bond donors (Lipinski definition) is 0. The fourth-order valence-corrected chi connectivity index (χ4v) is 2.94. The van der Waals surface area contributed by atoms with Crippen LogP contribution >= 0.6 is 0 Å². The molecule has 1 saturated heterocycles. The Hall–Kier alpha value is -1.81. The van der Waals surface area contributed by atoms with E-state index in [2.05, 4.69) is 65.0 Å². The van der Waals surface area contributed by atoms with Crippen LogP contribution in [0.15, 0.2) is 36.4 Å². The smallest absolute Gasteiger partial charge is 0.132 e. The molecule has 0 saturated carbocycles. The summed E-state index contributed by atoms with van der Waals surface area (Å²) in [5.41, 5.74) is 2.38. The van der Waals surface area contributed by atoms with E-state index in [9.17, 15) is 0 Å². The fourth-order valence-electron chi connectivity index (χ4n) is 2.94. The Kier molecular flexibility index (Phi) is 6.22. The maximum Gasteiger partial charge on any atom is 0.132 e. The van der Waals surface area contributed by atoms with Gasteiger partial charge < -0.3 is 22.2 Å². The topological polar surface area (TPSA) is 32.3 Å². The molecule has 2 heterocycles.